The molecule has 1 aromatic rings. The first-order valence-corrected chi connectivity index (χ1v) is 8.47. The smallest absolute Gasteiger partial charge is 0.352 e. The highest BCUT2D eigenvalue weighted by Crippen LogP contribution is 2.44. The first kappa shape index (κ1) is 17.3. The predicted molar refractivity (Wildman–Crippen MR) is 85.2 cm³/mol. The Labute approximate surface area is 140 Å². The molecule has 3 rings (SSSR count). The molecule has 1 amide bonds. The van der Waals surface area contributed by atoms with Crippen LogP contribution in [0.2, 0.25) is 0 Å². The van der Waals surface area contributed by atoms with E-state index in [1.54, 1.807) is 18.0 Å². The zero-order valence-corrected chi connectivity index (χ0v) is 13.8. The van der Waals surface area contributed by atoms with Crippen molar-refractivity contribution in [3.05, 3.63) is 35.4 Å². The van der Waals surface area contributed by atoms with Gasteiger partial charge in [-0.3, -0.25) is 9.69 Å². The summed E-state index contributed by atoms with van der Waals surface area (Å²) in [5, 5.41) is 3.10. The van der Waals surface area contributed by atoms with Gasteiger partial charge in [0.15, 0.2) is 0 Å². The van der Waals surface area contributed by atoms with Gasteiger partial charge >= 0.3 is 6.18 Å². The van der Waals surface area contributed by atoms with Gasteiger partial charge in [0.25, 0.3) is 0 Å². The normalized spacial score (nSPS) is 18.2. The molecule has 0 heterocycles. The fraction of sp³-hybridized carbons (Fsp3) is 0.611. The van der Waals surface area contributed by atoms with E-state index in [9.17, 15) is 18.0 Å². The largest absolute Gasteiger partial charge is 0.416 e. The lowest BCUT2D eigenvalue weighted by molar-refractivity contribution is -0.138. The molecule has 0 aromatic heterocycles. The first-order valence-electron chi connectivity index (χ1n) is 8.47. The first-order chi connectivity index (χ1) is 11.3. The Morgan fingerprint density at radius 2 is 1.79 bits per heavy atom. The number of carbonyl (C=O) groups is 1. The topological polar surface area (TPSA) is 32.3 Å². The summed E-state index contributed by atoms with van der Waals surface area (Å²) in [4.78, 5) is 13.9. The van der Waals surface area contributed by atoms with Crippen LogP contribution in [0.25, 0.3) is 0 Å². The monoisotopic (exact) mass is 340 g/mol. The van der Waals surface area contributed by atoms with Crippen molar-refractivity contribution in [2.75, 3.05) is 13.6 Å². The van der Waals surface area contributed by atoms with E-state index in [2.05, 4.69) is 5.32 Å². The average Bonchev–Trinajstić information content (AvgIpc) is 3.37. The van der Waals surface area contributed by atoms with Crippen LogP contribution in [0, 0.1) is 11.8 Å². The zero-order valence-electron chi connectivity index (χ0n) is 13.8. The molecule has 0 aliphatic heterocycles. The molecule has 6 heteroatoms. The van der Waals surface area contributed by atoms with Gasteiger partial charge in [0.05, 0.1) is 12.1 Å². The fourth-order valence-corrected chi connectivity index (χ4v) is 3.29. The Kier molecular flexibility index (Phi) is 4.85. The summed E-state index contributed by atoms with van der Waals surface area (Å²) in [5.74, 6) is 1.13. The predicted octanol–water partition coefficient (Wildman–Crippen LogP) is 3.44. The summed E-state index contributed by atoms with van der Waals surface area (Å²) in [7, 11) is 1.68. The van der Waals surface area contributed by atoms with E-state index in [-0.39, 0.29) is 30.6 Å². The number of carbonyl (C=O) groups excluding carboxylic acids is 1. The van der Waals surface area contributed by atoms with Crippen molar-refractivity contribution in [1.29, 1.82) is 0 Å². The van der Waals surface area contributed by atoms with Crippen LogP contribution in [-0.4, -0.2) is 30.4 Å². The van der Waals surface area contributed by atoms with Gasteiger partial charge in [-0.05, 0) is 56.2 Å². The number of hydrogen-bond donors (Lipinski definition) is 1. The Hall–Kier alpha value is -1.56. The quantitative estimate of drug-likeness (QED) is 0.825. The van der Waals surface area contributed by atoms with Crippen molar-refractivity contribution in [2.45, 2.75) is 44.4 Å². The second kappa shape index (κ2) is 6.75. The molecule has 1 N–H and O–H groups in total. The summed E-state index contributed by atoms with van der Waals surface area (Å²) in [5.41, 5.74) is -0.438. The molecule has 2 saturated carbocycles. The maximum atomic E-state index is 13.0. The second-order valence-corrected chi connectivity index (χ2v) is 7.10. The number of rotatable bonds is 7. The van der Waals surface area contributed by atoms with Gasteiger partial charge in [-0.1, -0.05) is 18.2 Å². The molecule has 0 atom stereocenters. The van der Waals surface area contributed by atoms with Crippen LogP contribution in [0.4, 0.5) is 13.2 Å². The number of nitrogens with one attached hydrogen (secondary N) is 1. The van der Waals surface area contributed by atoms with E-state index in [4.69, 9.17) is 0 Å². The van der Waals surface area contributed by atoms with Crippen molar-refractivity contribution in [3.63, 3.8) is 0 Å². The van der Waals surface area contributed by atoms with E-state index in [0.29, 0.717) is 11.8 Å². The van der Waals surface area contributed by atoms with Crippen LogP contribution in [0.15, 0.2) is 24.3 Å². The van der Waals surface area contributed by atoms with Gasteiger partial charge in [0.1, 0.15) is 0 Å². The van der Waals surface area contributed by atoms with Crippen LogP contribution in [0.5, 0.6) is 0 Å². The molecule has 1 aromatic carbocycles. The zero-order chi connectivity index (χ0) is 17.3. The van der Waals surface area contributed by atoms with Crippen molar-refractivity contribution in [3.8, 4) is 0 Å². The van der Waals surface area contributed by atoms with E-state index in [0.717, 1.165) is 6.07 Å². The van der Waals surface area contributed by atoms with E-state index in [1.807, 2.05) is 0 Å². The van der Waals surface area contributed by atoms with Gasteiger partial charge in [-0.25, -0.2) is 0 Å². The molecule has 0 saturated heterocycles. The Morgan fingerprint density at radius 3 is 2.33 bits per heavy atom. The molecule has 2 aliphatic carbocycles. The van der Waals surface area contributed by atoms with Crippen molar-refractivity contribution in [1.82, 2.24) is 10.2 Å². The van der Waals surface area contributed by atoms with Crippen LogP contribution in [0.1, 0.15) is 36.8 Å². The van der Waals surface area contributed by atoms with E-state index in [1.165, 1.54) is 37.8 Å². The molecular formula is C18H23F3N2O. The lowest BCUT2D eigenvalue weighted by Crippen LogP contribution is -2.43. The number of amides is 1. The molecule has 24 heavy (non-hydrogen) atoms. The van der Waals surface area contributed by atoms with Gasteiger partial charge in [0, 0.05) is 12.6 Å². The number of benzene rings is 1. The van der Waals surface area contributed by atoms with Crippen molar-refractivity contribution in [2.24, 2.45) is 11.8 Å². The minimum absolute atomic E-state index is 0.0919. The molecule has 2 aliphatic rings. The third-order valence-corrected chi connectivity index (χ3v) is 4.76. The molecule has 0 unspecified atom stereocenters. The standard InChI is InChI=1S/C18H23F3N2O/c1-23(10-14-4-2-3-5-15(14)18(19,20)21)11-16(24)22-17(12-6-7-12)13-8-9-13/h2-5,12-13,17H,6-11H2,1H3,(H,22,24). The molecule has 2 fully saturated rings. The summed E-state index contributed by atoms with van der Waals surface area (Å²) >= 11 is 0. The molecule has 0 spiro atoms. The maximum Gasteiger partial charge on any atom is 0.416 e. The molecule has 132 valence electrons. The number of hydrogen-bond acceptors (Lipinski definition) is 2. The molecule has 0 bridgehead atoms. The van der Waals surface area contributed by atoms with E-state index < -0.39 is 11.7 Å². The summed E-state index contributed by atoms with van der Waals surface area (Å²) < 4.78 is 39.1. The summed E-state index contributed by atoms with van der Waals surface area (Å²) in [6.07, 6.45) is 0.335. The number of likely N-dealkylation sites (N-methyl/N-ethyl adjacent to an activating group) is 1. The molecule has 3 nitrogen and oxygen atoms in total. The Bertz CT molecular complexity index is 582. The summed E-state index contributed by atoms with van der Waals surface area (Å²) in [6, 6.07) is 5.80. The minimum atomic E-state index is -4.37. The van der Waals surface area contributed by atoms with E-state index >= 15 is 0 Å². The molecular weight excluding hydrogens is 317 g/mol. The molecule has 0 radical (unpaired) electrons. The van der Waals surface area contributed by atoms with Crippen LogP contribution in [0.3, 0.4) is 0 Å². The van der Waals surface area contributed by atoms with Crippen molar-refractivity contribution < 1.29 is 18.0 Å². The van der Waals surface area contributed by atoms with Gasteiger partial charge < -0.3 is 5.32 Å². The number of halogens is 3. The highest BCUT2D eigenvalue weighted by Gasteiger charge is 2.42. The highest BCUT2D eigenvalue weighted by atomic mass is 19.4. The van der Waals surface area contributed by atoms with Crippen LogP contribution >= 0.6 is 0 Å². The van der Waals surface area contributed by atoms with Crippen molar-refractivity contribution >= 4 is 5.91 Å². The van der Waals surface area contributed by atoms with Gasteiger partial charge in [0.2, 0.25) is 5.91 Å². The lowest BCUT2D eigenvalue weighted by atomic mass is 10.1. The average molecular weight is 340 g/mol. The third-order valence-electron chi connectivity index (χ3n) is 4.76. The van der Waals surface area contributed by atoms with Gasteiger partial charge in [-0.15, -0.1) is 0 Å². The Morgan fingerprint density at radius 1 is 1.21 bits per heavy atom. The Balaban J connectivity index is 1.55. The number of alkyl halides is 3. The fourth-order valence-electron chi connectivity index (χ4n) is 3.29. The highest BCUT2D eigenvalue weighted by molar-refractivity contribution is 5.78. The minimum Gasteiger partial charge on any atom is -0.352 e. The maximum absolute atomic E-state index is 13.0. The van der Waals surface area contributed by atoms with Gasteiger partial charge in [-0.2, -0.15) is 13.2 Å². The third kappa shape index (κ3) is 4.50. The van der Waals surface area contributed by atoms with Crippen LogP contribution < -0.4 is 5.32 Å². The summed E-state index contributed by atoms with van der Waals surface area (Å²) in [6.45, 7) is 0.211. The number of nitrogens with zero attached hydrogens (tertiary/aromatic N) is 1. The second-order valence-electron chi connectivity index (χ2n) is 7.10. The lowest BCUT2D eigenvalue weighted by Gasteiger charge is -2.22. The SMILES string of the molecule is CN(CC(=O)NC(C1CC1)C1CC1)Cc1ccccc1C(F)(F)F. The van der Waals surface area contributed by atoms with Crippen LogP contribution in [-0.2, 0) is 17.5 Å².